The topological polar surface area (TPSA) is 39.2 Å². The number of hydrogen-bond acceptors (Lipinski definition) is 3. The summed E-state index contributed by atoms with van der Waals surface area (Å²) < 4.78 is 5.45. The Hall–Kier alpha value is -1.09. The van der Waals surface area contributed by atoms with E-state index in [1.807, 2.05) is 24.3 Å². The molecule has 2 rings (SSSR count). The monoisotopic (exact) mass is 179 g/mol. The molecule has 0 amide bonds. The minimum atomic E-state index is 0.605. The third-order valence-corrected chi connectivity index (χ3v) is 2.09. The van der Waals surface area contributed by atoms with E-state index in [4.69, 9.17) is 10.2 Å². The van der Waals surface area contributed by atoms with Gasteiger partial charge in [0.2, 0.25) is 0 Å². The van der Waals surface area contributed by atoms with Gasteiger partial charge < -0.3 is 10.2 Å². The van der Waals surface area contributed by atoms with E-state index in [0.29, 0.717) is 11.4 Å². The van der Waals surface area contributed by atoms with Crippen LogP contribution in [0.1, 0.15) is 5.76 Å². The van der Waals surface area contributed by atoms with E-state index in [1.54, 1.807) is 0 Å². The van der Waals surface area contributed by atoms with Crippen molar-refractivity contribution in [3.05, 3.63) is 30.0 Å². The minimum absolute atomic E-state index is 0.605. The number of thiol groups is 1. The van der Waals surface area contributed by atoms with Crippen molar-refractivity contribution < 1.29 is 4.42 Å². The zero-order valence-electron chi connectivity index (χ0n) is 6.45. The number of rotatable bonds is 1. The third-order valence-electron chi connectivity index (χ3n) is 1.78. The first-order valence-corrected chi connectivity index (χ1v) is 4.32. The molecule has 0 atom stereocenters. The van der Waals surface area contributed by atoms with Gasteiger partial charge in [-0.3, -0.25) is 0 Å². The fraction of sp³-hybridized carbons (Fsp3) is 0.111. The first-order chi connectivity index (χ1) is 5.81. The predicted octanol–water partition coefficient (Wildman–Crippen LogP) is 2.44. The summed E-state index contributed by atoms with van der Waals surface area (Å²) in [6, 6.07) is 7.67. The lowest BCUT2D eigenvalue weighted by Crippen LogP contribution is -1.82. The van der Waals surface area contributed by atoms with Gasteiger partial charge in [-0.1, -0.05) is 12.1 Å². The Morgan fingerprint density at radius 3 is 2.92 bits per heavy atom. The largest absolute Gasteiger partial charge is 0.458 e. The Morgan fingerprint density at radius 2 is 2.25 bits per heavy atom. The molecule has 1 heterocycles. The van der Waals surface area contributed by atoms with Gasteiger partial charge in [0.1, 0.15) is 5.76 Å². The Morgan fingerprint density at radius 1 is 1.42 bits per heavy atom. The molecule has 0 unspecified atom stereocenters. The molecule has 2 nitrogen and oxygen atoms in total. The number of anilines is 1. The zero-order chi connectivity index (χ0) is 8.55. The molecule has 62 valence electrons. The van der Waals surface area contributed by atoms with E-state index in [-0.39, 0.29) is 0 Å². The number of hydrogen-bond donors (Lipinski definition) is 2. The first kappa shape index (κ1) is 7.55. The Bertz CT molecular complexity index is 408. The van der Waals surface area contributed by atoms with Crippen molar-refractivity contribution in [3.8, 4) is 0 Å². The molecule has 1 aromatic carbocycles. The van der Waals surface area contributed by atoms with E-state index in [0.717, 1.165) is 16.7 Å². The number of nitrogen functional groups attached to an aromatic ring is 1. The van der Waals surface area contributed by atoms with E-state index in [9.17, 15) is 0 Å². The average Bonchev–Trinajstić information content (AvgIpc) is 2.49. The second-order valence-electron chi connectivity index (χ2n) is 2.64. The molecule has 2 N–H and O–H groups in total. The zero-order valence-corrected chi connectivity index (χ0v) is 7.34. The number of fused-ring (bicyclic) bond motifs is 1. The van der Waals surface area contributed by atoms with Crippen molar-refractivity contribution in [3.63, 3.8) is 0 Å². The van der Waals surface area contributed by atoms with Crippen LogP contribution < -0.4 is 5.73 Å². The van der Waals surface area contributed by atoms with Crippen LogP contribution in [0.4, 0.5) is 5.69 Å². The van der Waals surface area contributed by atoms with Crippen LogP contribution in [0.2, 0.25) is 0 Å². The molecule has 3 heteroatoms. The molecule has 0 aliphatic carbocycles. The van der Waals surface area contributed by atoms with E-state index < -0.39 is 0 Å². The van der Waals surface area contributed by atoms with Gasteiger partial charge in [-0.2, -0.15) is 12.6 Å². The van der Waals surface area contributed by atoms with Gasteiger partial charge in [0.25, 0.3) is 0 Å². The van der Waals surface area contributed by atoms with Crippen LogP contribution in [0.3, 0.4) is 0 Å². The maximum absolute atomic E-state index is 5.71. The predicted molar refractivity (Wildman–Crippen MR) is 53.3 cm³/mol. The standard InChI is InChI=1S/C9H9NOS/c10-8-3-1-2-6-4-7(5-12)11-9(6)8/h1-4,12H,5,10H2. The Kier molecular flexibility index (Phi) is 1.73. The summed E-state index contributed by atoms with van der Waals surface area (Å²) in [6.07, 6.45) is 0. The fourth-order valence-corrected chi connectivity index (χ4v) is 1.37. The van der Waals surface area contributed by atoms with Gasteiger partial charge in [-0.25, -0.2) is 0 Å². The molecule has 12 heavy (non-hydrogen) atoms. The number of para-hydroxylation sites is 1. The number of furan rings is 1. The van der Waals surface area contributed by atoms with E-state index in [2.05, 4.69) is 12.6 Å². The molecule has 0 aliphatic heterocycles. The summed E-state index contributed by atoms with van der Waals surface area (Å²) in [4.78, 5) is 0. The van der Waals surface area contributed by atoms with Crippen molar-refractivity contribution in [1.29, 1.82) is 0 Å². The van der Waals surface area contributed by atoms with Crippen LogP contribution in [0.5, 0.6) is 0 Å². The number of nitrogens with two attached hydrogens (primary N) is 1. The number of benzene rings is 1. The van der Waals surface area contributed by atoms with Gasteiger partial charge in [-0.05, 0) is 12.1 Å². The fourth-order valence-electron chi connectivity index (χ4n) is 1.22. The van der Waals surface area contributed by atoms with Gasteiger partial charge >= 0.3 is 0 Å². The molecule has 2 aromatic rings. The molecule has 0 aliphatic rings. The first-order valence-electron chi connectivity index (χ1n) is 3.69. The summed E-state index contributed by atoms with van der Waals surface area (Å²) in [5.41, 5.74) is 7.15. The van der Waals surface area contributed by atoms with Crippen LogP contribution in [-0.4, -0.2) is 0 Å². The van der Waals surface area contributed by atoms with Crippen molar-refractivity contribution in [2.75, 3.05) is 5.73 Å². The summed E-state index contributed by atoms with van der Waals surface area (Å²) in [5, 5.41) is 1.04. The van der Waals surface area contributed by atoms with Gasteiger partial charge in [0.15, 0.2) is 5.58 Å². The van der Waals surface area contributed by atoms with Gasteiger partial charge in [0.05, 0.1) is 5.69 Å². The van der Waals surface area contributed by atoms with Crippen LogP contribution >= 0.6 is 12.6 Å². The summed E-state index contributed by atoms with van der Waals surface area (Å²) >= 11 is 4.12. The SMILES string of the molecule is Nc1cccc2cc(CS)oc12. The molecule has 1 aromatic heterocycles. The third kappa shape index (κ3) is 1.06. The highest BCUT2D eigenvalue weighted by Crippen LogP contribution is 2.25. The van der Waals surface area contributed by atoms with Crippen molar-refractivity contribution in [1.82, 2.24) is 0 Å². The normalized spacial score (nSPS) is 10.8. The van der Waals surface area contributed by atoms with Crippen LogP contribution in [0, 0.1) is 0 Å². The summed E-state index contributed by atoms with van der Waals surface area (Å²) in [5.74, 6) is 1.46. The minimum Gasteiger partial charge on any atom is -0.458 e. The quantitative estimate of drug-likeness (QED) is 0.521. The molecule has 0 fully saturated rings. The molecule has 0 bridgehead atoms. The second-order valence-corrected chi connectivity index (χ2v) is 2.95. The molecule has 0 spiro atoms. The van der Waals surface area contributed by atoms with Gasteiger partial charge in [-0.15, -0.1) is 0 Å². The highest BCUT2D eigenvalue weighted by molar-refractivity contribution is 7.79. The molecular formula is C9H9NOS. The van der Waals surface area contributed by atoms with Crippen LogP contribution in [0.25, 0.3) is 11.0 Å². The lowest BCUT2D eigenvalue weighted by Gasteiger charge is -1.91. The lowest BCUT2D eigenvalue weighted by molar-refractivity contribution is 0.576. The highest BCUT2D eigenvalue weighted by atomic mass is 32.1. The molecule has 0 saturated heterocycles. The lowest BCUT2D eigenvalue weighted by atomic mass is 10.2. The van der Waals surface area contributed by atoms with Crippen LogP contribution in [0.15, 0.2) is 28.7 Å². The van der Waals surface area contributed by atoms with Crippen LogP contribution in [-0.2, 0) is 5.75 Å². The molecule has 0 saturated carbocycles. The average molecular weight is 179 g/mol. The Balaban J connectivity index is 2.74. The highest BCUT2D eigenvalue weighted by Gasteiger charge is 2.03. The van der Waals surface area contributed by atoms with Crippen molar-refractivity contribution >= 4 is 29.3 Å². The summed E-state index contributed by atoms with van der Waals surface area (Å²) in [6.45, 7) is 0. The summed E-state index contributed by atoms with van der Waals surface area (Å²) in [7, 11) is 0. The maximum Gasteiger partial charge on any atom is 0.157 e. The Labute approximate surface area is 75.8 Å². The smallest absolute Gasteiger partial charge is 0.157 e. The molecule has 0 radical (unpaired) electrons. The molecular weight excluding hydrogens is 170 g/mol. The van der Waals surface area contributed by atoms with Gasteiger partial charge in [0, 0.05) is 11.1 Å². The van der Waals surface area contributed by atoms with E-state index in [1.165, 1.54) is 0 Å². The second kappa shape index (κ2) is 2.75. The van der Waals surface area contributed by atoms with Crippen molar-refractivity contribution in [2.45, 2.75) is 5.75 Å². The van der Waals surface area contributed by atoms with Crippen molar-refractivity contribution in [2.24, 2.45) is 0 Å². The maximum atomic E-state index is 5.71. The van der Waals surface area contributed by atoms with E-state index >= 15 is 0 Å².